The Labute approximate surface area is 129 Å². The van der Waals surface area contributed by atoms with Crippen molar-refractivity contribution < 1.29 is 9.53 Å². The van der Waals surface area contributed by atoms with Crippen molar-refractivity contribution in [2.24, 2.45) is 5.92 Å². The van der Waals surface area contributed by atoms with Crippen molar-refractivity contribution in [1.82, 2.24) is 4.90 Å². The SMILES string of the molecule is CCN(CC)C(=O)CC(c1ccc(OC)c(C)c1)C(C)C. The van der Waals surface area contributed by atoms with E-state index in [2.05, 4.69) is 26.0 Å². The lowest BCUT2D eigenvalue weighted by atomic mass is 9.84. The average Bonchev–Trinajstić information content (AvgIpc) is 2.45. The first-order valence-electron chi connectivity index (χ1n) is 7.86. The molecule has 3 heteroatoms. The summed E-state index contributed by atoms with van der Waals surface area (Å²) in [6, 6.07) is 6.24. The number of carbonyl (C=O) groups is 1. The summed E-state index contributed by atoms with van der Waals surface area (Å²) in [5, 5.41) is 0. The first-order chi connectivity index (χ1) is 9.94. The number of rotatable bonds is 7. The Morgan fingerprint density at radius 1 is 1.24 bits per heavy atom. The van der Waals surface area contributed by atoms with Crippen molar-refractivity contribution in [2.45, 2.75) is 47.0 Å². The van der Waals surface area contributed by atoms with Gasteiger partial charge in [-0.1, -0.05) is 26.0 Å². The quantitative estimate of drug-likeness (QED) is 0.760. The van der Waals surface area contributed by atoms with E-state index >= 15 is 0 Å². The molecule has 3 nitrogen and oxygen atoms in total. The summed E-state index contributed by atoms with van der Waals surface area (Å²) >= 11 is 0. The van der Waals surface area contributed by atoms with Crippen LogP contribution in [0.25, 0.3) is 0 Å². The van der Waals surface area contributed by atoms with Crippen LogP contribution in [0.5, 0.6) is 5.75 Å². The van der Waals surface area contributed by atoms with E-state index in [0.29, 0.717) is 12.3 Å². The van der Waals surface area contributed by atoms with E-state index in [4.69, 9.17) is 4.74 Å². The highest BCUT2D eigenvalue weighted by molar-refractivity contribution is 5.77. The molecule has 1 atom stereocenters. The van der Waals surface area contributed by atoms with Gasteiger partial charge in [0.05, 0.1) is 7.11 Å². The first-order valence-corrected chi connectivity index (χ1v) is 7.86. The van der Waals surface area contributed by atoms with Crippen LogP contribution in [0.2, 0.25) is 0 Å². The van der Waals surface area contributed by atoms with Crippen molar-refractivity contribution in [3.63, 3.8) is 0 Å². The molecule has 0 saturated carbocycles. The van der Waals surface area contributed by atoms with Crippen molar-refractivity contribution in [3.05, 3.63) is 29.3 Å². The lowest BCUT2D eigenvalue weighted by Crippen LogP contribution is -2.32. The lowest BCUT2D eigenvalue weighted by molar-refractivity contribution is -0.131. The molecule has 0 bridgehead atoms. The molecule has 0 aliphatic carbocycles. The lowest BCUT2D eigenvalue weighted by Gasteiger charge is -2.26. The molecular weight excluding hydrogens is 262 g/mol. The van der Waals surface area contributed by atoms with Gasteiger partial charge in [-0.05, 0) is 49.8 Å². The largest absolute Gasteiger partial charge is 0.496 e. The second kappa shape index (κ2) is 8.06. The average molecular weight is 291 g/mol. The molecule has 118 valence electrons. The summed E-state index contributed by atoms with van der Waals surface area (Å²) in [5.41, 5.74) is 2.35. The third kappa shape index (κ3) is 4.48. The van der Waals surface area contributed by atoms with E-state index in [1.807, 2.05) is 31.7 Å². The van der Waals surface area contributed by atoms with E-state index in [0.717, 1.165) is 24.4 Å². The minimum absolute atomic E-state index is 0.243. The fourth-order valence-corrected chi connectivity index (χ4v) is 2.76. The van der Waals surface area contributed by atoms with E-state index in [1.54, 1.807) is 7.11 Å². The Bertz CT molecular complexity index is 464. The van der Waals surface area contributed by atoms with Gasteiger partial charge < -0.3 is 9.64 Å². The van der Waals surface area contributed by atoms with Crippen LogP contribution >= 0.6 is 0 Å². The zero-order valence-electron chi connectivity index (χ0n) is 14.3. The molecule has 1 rings (SSSR count). The maximum Gasteiger partial charge on any atom is 0.223 e. The van der Waals surface area contributed by atoms with Gasteiger partial charge in [-0.25, -0.2) is 0 Å². The standard InChI is InChI=1S/C18H29NO2/c1-7-19(8-2)18(20)12-16(13(3)4)15-9-10-17(21-6)14(5)11-15/h9-11,13,16H,7-8,12H2,1-6H3. The number of nitrogens with zero attached hydrogens (tertiary/aromatic N) is 1. The molecule has 1 aromatic rings. The summed E-state index contributed by atoms with van der Waals surface area (Å²) < 4.78 is 5.32. The van der Waals surface area contributed by atoms with Gasteiger partial charge in [-0.15, -0.1) is 0 Å². The summed E-state index contributed by atoms with van der Waals surface area (Å²) in [5.74, 6) is 1.82. The van der Waals surface area contributed by atoms with Crippen molar-refractivity contribution in [3.8, 4) is 5.75 Å². The molecule has 1 amide bonds. The third-order valence-corrected chi connectivity index (χ3v) is 4.16. The van der Waals surface area contributed by atoms with Gasteiger partial charge in [0.15, 0.2) is 0 Å². The van der Waals surface area contributed by atoms with E-state index < -0.39 is 0 Å². The number of hydrogen-bond acceptors (Lipinski definition) is 2. The smallest absolute Gasteiger partial charge is 0.223 e. The molecule has 0 saturated heterocycles. The van der Waals surface area contributed by atoms with Gasteiger partial charge in [0.1, 0.15) is 5.75 Å². The van der Waals surface area contributed by atoms with Gasteiger partial charge in [0, 0.05) is 19.5 Å². The van der Waals surface area contributed by atoms with Gasteiger partial charge in [-0.2, -0.15) is 0 Å². The van der Waals surface area contributed by atoms with Crippen LogP contribution < -0.4 is 4.74 Å². The molecule has 0 aliphatic rings. The van der Waals surface area contributed by atoms with Crippen LogP contribution in [0, 0.1) is 12.8 Å². The molecule has 0 aromatic heterocycles. The zero-order chi connectivity index (χ0) is 16.0. The minimum Gasteiger partial charge on any atom is -0.496 e. The molecule has 0 heterocycles. The highest BCUT2D eigenvalue weighted by atomic mass is 16.5. The number of methoxy groups -OCH3 is 1. The molecular formula is C18H29NO2. The second-order valence-electron chi connectivity index (χ2n) is 5.85. The Morgan fingerprint density at radius 3 is 2.29 bits per heavy atom. The second-order valence-corrected chi connectivity index (χ2v) is 5.85. The summed E-state index contributed by atoms with van der Waals surface area (Å²) in [6.45, 7) is 12.0. The van der Waals surface area contributed by atoms with Crippen LogP contribution in [0.15, 0.2) is 18.2 Å². The fourth-order valence-electron chi connectivity index (χ4n) is 2.76. The van der Waals surface area contributed by atoms with Crippen LogP contribution in [-0.4, -0.2) is 31.0 Å². The minimum atomic E-state index is 0.243. The topological polar surface area (TPSA) is 29.5 Å². The van der Waals surface area contributed by atoms with Gasteiger partial charge in [0.25, 0.3) is 0 Å². The molecule has 0 aliphatic heterocycles. The summed E-state index contributed by atoms with van der Waals surface area (Å²) in [7, 11) is 1.69. The zero-order valence-corrected chi connectivity index (χ0v) is 14.3. The predicted molar refractivity (Wildman–Crippen MR) is 87.9 cm³/mol. The summed E-state index contributed by atoms with van der Waals surface area (Å²) in [4.78, 5) is 14.3. The van der Waals surface area contributed by atoms with Gasteiger partial charge in [0.2, 0.25) is 5.91 Å². The maximum atomic E-state index is 12.4. The van der Waals surface area contributed by atoms with Crippen molar-refractivity contribution in [2.75, 3.05) is 20.2 Å². The Hall–Kier alpha value is -1.51. The number of ether oxygens (including phenoxy) is 1. The highest BCUT2D eigenvalue weighted by Gasteiger charge is 2.22. The molecule has 1 unspecified atom stereocenters. The van der Waals surface area contributed by atoms with Crippen LogP contribution in [0.1, 0.15) is 51.2 Å². The number of aryl methyl sites for hydroxylation is 1. The molecule has 0 spiro atoms. The van der Waals surface area contributed by atoms with Crippen LogP contribution in [-0.2, 0) is 4.79 Å². The Balaban J connectivity index is 2.97. The Kier molecular flexibility index (Phi) is 6.73. The van der Waals surface area contributed by atoms with Crippen LogP contribution in [0.3, 0.4) is 0 Å². The highest BCUT2D eigenvalue weighted by Crippen LogP contribution is 2.31. The van der Waals surface area contributed by atoms with E-state index in [1.165, 1.54) is 5.56 Å². The number of carbonyl (C=O) groups excluding carboxylic acids is 1. The van der Waals surface area contributed by atoms with Crippen LogP contribution in [0.4, 0.5) is 0 Å². The molecule has 1 aromatic carbocycles. The van der Waals surface area contributed by atoms with Crippen molar-refractivity contribution in [1.29, 1.82) is 0 Å². The number of hydrogen-bond donors (Lipinski definition) is 0. The first kappa shape index (κ1) is 17.5. The van der Waals surface area contributed by atoms with Crippen molar-refractivity contribution >= 4 is 5.91 Å². The molecule has 0 N–H and O–H groups in total. The number of amides is 1. The molecule has 0 fully saturated rings. The third-order valence-electron chi connectivity index (χ3n) is 4.16. The predicted octanol–water partition coefficient (Wildman–Crippen LogP) is 4.00. The van der Waals surface area contributed by atoms with Gasteiger partial charge in [-0.3, -0.25) is 4.79 Å². The van der Waals surface area contributed by atoms with E-state index in [-0.39, 0.29) is 11.8 Å². The fraction of sp³-hybridized carbons (Fsp3) is 0.611. The molecule has 0 radical (unpaired) electrons. The normalized spacial score (nSPS) is 12.3. The summed E-state index contributed by atoms with van der Waals surface area (Å²) in [6.07, 6.45) is 0.575. The monoisotopic (exact) mass is 291 g/mol. The molecule has 21 heavy (non-hydrogen) atoms. The van der Waals surface area contributed by atoms with Gasteiger partial charge >= 0.3 is 0 Å². The van der Waals surface area contributed by atoms with E-state index in [9.17, 15) is 4.79 Å². The number of benzene rings is 1. The Morgan fingerprint density at radius 2 is 1.86 bits per heavy atom. The maximum absolute atomic E-state index is 12.4.